The Labute approximate surface area is 369 Å². The third kappa shape index (κ3) is 4.84. The molecule has 9 aromatic rings. The van der Waals surface area contributed by atoms with Gasteiger partial charge in [0.05, 0.1) is 5.41 Å². The molecule has 2 nitrogen and oxygen atoms in total. The Morgan fingerprint density at radius 1 is 0.302 bits per heavy atom. The predicted octanol–water partition coefficient (Wildman–Crippen LogP) is 15.9. The van der Waals surface area contributed by atoms with E-state index in [9.17, 15) is 0 Å². The molecule has 0 bridgehead atoms. The van der Waals surface area contributed by atoms with Gasteiger partial charge in [-0.2, -0.15) is 0 Å². The lowest BCUT2D eigenvalue weighted by Crippen LogP contribution is -2.32. The fourth-order valence-electron chi connectivity index (χ4n) is 12.0. The molecule has 1 aliphatic heterocycles. The number of hydrogen-bond donors (Lipinski definition) is 0. The molecule has 0 amide bonds. The van der Waals surface area contributed by atoms with Crippen molar-refractivity contribution >= 4 is 17.1 Å². The van der Waals surface area contributed by atoms with Crippen molar-refractivity contribution in [3.05, 3.63) is 245 Å². The lowest BCUT2D eigenvalue weighted by molar-refractivity contribution is 0.436. The van der Waals surface area contributed by atoms with Crippen molar-refractivity contribution in [2.45, 2.75) is 43.9 Å². The number of ether oxygens (including phenoxy) is 1. The summed E-state index contributed by atoms with van der Waals surface area (Å²) in [5, 5.41) is 0. The van der Waals surface area contributed by atoms with Crippen molar-refractivity contribution in [2.24, 2.45) is 0 Å². The van der Waals surface area contributed by atoms with Gasteiger partial charge in [0, 0.05) is 39.0 Å². The minimum absolute atomic E-state index is 0.112. The molecule has 0 saturated heterocycles. The van der Waals surface area contributed by atoms with Crippen molar-refractivity contribution in [1.82, 2.24) is 0 Å². The first-order chi connectivity index (χ1) is 30.7. The van der Waals surface area contributed by atoms with Gasteiger partial charge in [0.1, 0.15) is 11.5 Å². The molecule has 0 radical (unpaired) electrons. The molecule has 4 aliphatic rings. The van der Waals surface area contributed by atoms with Crippen LogP contribution in [-0.2, 0) is 16.2 Å². The van der Waals surface area contributed by atoms with Crippen LogP contribution in [0.3, 0.4) is 0 Å². The van der Waals surface area contributed by atoms with Gasteiger partial charge in [0.25, 0.3) is 0 Å². The number of benzene rings is 9. The first kappa shape index (κ1) is 36.3. The van der Waals surface area contributed by atoms with Gasteiger partial charge < -0.3 is 9.64 Å². The number of para-hydroxylation sites is 2. The minimum Gasteiger partial charge on any atom is -0.457 e. The van der Waals surface area contributed by atoms with Crippen LogP contribution in [0.4, 0.5) is 17.1 Å². The largest absolute Gasteiger partial charge is 0.457 e. The smallest absolute Gasteiger partial charge is 0.132 e. The monoisotopic (exact) mass is 807 g/mol. The van der Waals surface area contributed by atoms with Gasteiger partial charge in [-0.25, -0.2) is 0 Å². The summed E-state index contributed by atoms with van der Waals surface area (Å²) in [7, 11) is 0. The molecule has 1 heterocycles. The average molecular weight is 808 g/mol. The van der Waals surface area contributed by atoms with E-state index in [-0.39, 0.29) is 10.8 Å². The summed E-state index contributed by atoms with van der Waals surface area (Å²) in [6.45, 7) is 9.47. The minimum atomic E-state index is -0.474. The quantitative estimate of drug-likeness (QED) is 0.176. The molecular weight excluding hydrogens is 763 g/mol. The maximum absolute atomic E-state index is 6.57. The summed E-state index contributed by atoms with van der Waals surface area (Å²) in [4.78, 5) is 2.46. The molecule has 3 aliphatic carbocycles. The van der Waals surface area contributed by atoms with Crippen LogP contribution in [0.15, 0.2) is 200 Å². The van der Waals surface area contributed by atoms with E-state index in [0.717, 1.165) is 28.6 Å². The van der Waals surface area contributed by atoms with Gasteiger partial charge in [-0.05, 0) is 132 Å². The maximum Gasteiger partial charge on any atom is 0.132 e. The highest BCUT2D eigenvalue weighted by atomic mass is 16.5. The second kappa shape index (κ2) is 12.8. The molecule has 0 unspecified atom stereocenters. The van der Waals surface area contributed by atoms with E-state index in [4.69, 9.17) is 4.74 Å². The molecule has 2 heteroatoms. The summed E-state index contributed by atoms with van der Waals surface area (Å²) < 4.78 is 6.57. The van der Waals surface area contributed by atoms with Crippen LogP contribution >= 0.6 is 0 Å². The SMILES string of the molecule is CC1(C)c2ccccc2-c2ccc(N(c3ccc(-c4ccc5c(c4)-c4ccccc4C54c5ccccc5Oc5ccccc54)cc3)c3ccc4c(c3)C(C)(C)c3ccccc3-4)cc21. The molecule has 9 aromatic carbocycles. The lowest BCUT2D eigenvalue weighted by Gasteiger charge is -2.39. The molecule has 300 valence electrons. The summed E-state index contributed by atoms with van der Waals surface area (Å²) in [5.74, 6) is 1.83. The number of nitrogens with zero attached hydrogens (tertiary/aromatic N) is 1. The Morgan fingerprint density at radius 3 is 1.24 bits per heavy atom. The number of hydrogen-bond acceptors (Lipinski definition) is 2. The van der Waals surface area contributed by atoms with Crippen molar-refractivity contribution < 1.29 is 4.74 Å². The Kier molecular flexibility index (Phi) is 7.37. The maximum atomic E-state index is 6.57. The van der Waals surface area contributed by atoms with E-state index in [2.05, 4.69) is 233 Å². The van der Waals surface area contributed by atoms with Crippen LogP contribution < -0.4 is 9.64 Å². The van der Waals surface area contributed by atoms with E-state index in [1.54, 1.807) is 0 Å². The Hall–Kier alpha value is -7.42. The highest BCUT2D eigenvalue weighted by Gasteiger charge is 2.51. The van der Waals surface area contributed by atoms with Crippen molar-refractivity contribution in [1.29, 1.82) is 0 Å². The van der Waals surface area contributed by atoms with Crippen LogP contribution in [0, 0.1) is 0 Å². The number of anilines is 3. The first-order valence-corrected chi connectivity index (χ1v) is 22.3. The molecule has 0 atom stereocenters. The van der Waals surface area contributed by atoms with E-state index >= 15 is 0 Å². The summed E-state index contributed by atoms with van der Waals surface area (Å²) in [6.07, 6.45) is 0. The Morgan fingerprint density at radius 2 is 0.698 bits per heavy atom. The normalized spacial score (nSPS) is 15.5. The van der Waals surface area contributed by atoms with Crippen LogP contribution in [0.5, 0.6) is 11.5 Å². The molecular formula is C61H45NO. The third-order valence-electron chi connectivity index (χ3n) is 15.0. The van der Waals surface area contributed by atoms with Gasteiger partial charge in [0.15, 0.2) is 0 Å². The van der Waals surface area contributed by atoms with Gasteiger partial charge in [-0.3, -0.25) is 0 Å². The third-order valence-corrected chi connectivity index (χ3v) is 15.0. The second-order valence-corrected chi connectivity index (χ2v) is 18.8. The van der Waals surface area contributed by atoms with E-state index in [1.807, 2.05) is 0 Å². The van der Waals surface area contributed by atoms with Crippen molar-refractivity contribution in [3.63, 3.8) is 0 Å². The highest BCUT2D eigenvalue weighted by molar-refractivity contribution is 5.92. The number of fused-ring (bicyclic) bond motifs is 15. The summed E-state index contributed by atoms with van der Waals surface area (Å²) >= 11 is 0. The van der Waals surface area contributed by atoms with Gasteiger partial charge in [-0.15, -0.1) is 0 Å². The van der Waals surface area contributed by atoms with E-state index in [1.165, 1.54) is 89.0 Å². The first-order valence-electron chi connectivity index (χ1n) is 22.3. The zero-order valence-corrected chi connectivity index (χ0v) is 35.9. The second-order valence-electron chi connectivity index (χ2n) is 18.8. The standard InChI is InChI=1S/C61H45NO/c1-59(2)49-18-8-5-15-43(49)46-32-30-41(36-55(46)59)62(42-31-33-47-44-16-6-9-19-50(44)60(3,4)56(47)37-42)40-28-25-38(26-29-40)39-27-34-52-48(35-39)45-17-7-10-20-51(45)61(52)53-21-11-13-23-57(53)63-58-24-14-12-22-54(58)61/h5-37H,1-4H3. The predicted molar refractivity (Wildman–Crippen MR) is 259 cm³/mol. The van der Waals surface area contributed by atoms with Gasteiger partial charge in [-0.1, -0.05) is 173 Å². The fraction of sp³-hybridized carbons (Fsp3) is 0.115. The van der Waals surface area contributed by atoms with Crippen LogP contribution in [0.25, 0.3) is 44.5 Å². The van der Waals surface area contributed by atoms with E-state index in [0.29, 0.717) is 0 Å². The summed E-state index contributed by atoms with van der Waals surface area (Å²) in [5.41, 5.74) is 23.5. The van der Waals surface area contributed by atoms with Crippen molar-refractivity contribution in [3.8, 4) is 56.0 Å². The number of rotatable bonds is 4. The average Bonchev–Trinajstić information content (AvgIpc) is 3.84. The van der Waals surface area contributed by atoms with Crippen LogP contribution in [0.2, 0.25) is 0 Å². The molecule has 0 fully saturated rings. The fourth-order valence-corrected chi connectivity index (χ4v) is 12.0. The van der Waals surface area contributed by atoms with Crippen molar-refractivity contribution in [2.75, 3.05) is 4.90 Å². The van der Waals surface area contributed by atoms with Gasteiger partial charge in [0.2, 0.25) is 0 Å². The zero-order chi connectivity index (χ0) is 42.2. The highest BCUT2D eigenvalue weighted by Crippen LogP contribution is 2.62. The van der Waals surface area contributed by atoms with Crippen LogP contribution in [0.1, 0.15) is 72.2 Å². The summed E-state index contributed by atoms with van der Waals surface area (Å²) in [6, 6.07) is 74.5. The molecule has 1 spiro atoms. The zero-order valence-electron chi connectivity index (χ0n) is 35.9. The van der Waals surface area contributed by atoms with Gasteiger partial charge >= 0.3 is 0 Å². The molecule has 0 saturated carbocycles. The Bertz CT molecular complexity index is 3230. The lowest BCUT2D eigenvalue weighted by atomic mass is 9.66. The molecule has 0 N–H and O–H groups in total. The van der Waals surface area contributed by atoms with E-state index < -0.39 is 5.41 Å². The molecule has 0 aromatic heterocycles. The Balaban J connectivity index is 0.946. The van der Waals surface area contributed by atoms with Crippen LogP contribution in [-0.4, -0.2) is 0 Å². The topological polar surface area (TPSA) is 12.5 Å². The molecule has 13 rings (SSSR count). The molecule has 63 heavy (non-hydrogen) atoms.